The molecule has 0 unspecified atom stereocenters. The molecule has 0 aliphatic carbocycles. The molecule has 0 spiro atoms. The van der Waals surface area contributed by atoms with Crippen LogP contribution < -0.4 is 10.1 Å². The fourth-order valence-electron chi connectivity index (χ4n) is 1.57. The highest BCUT2D eigenvalue weighted by Crippen LogP contribution is 2.33. The predicted octanol–water partition coefficient (Wildman–Crippen LogP) is 2.90. The van der Waals surface area contributed by atoms with Crippen LogP contribution in [0.1, 0.15) is 16.1 Å². The zero-order valence-electron chi connectivity index (χ0n) is 11.1. The number of nitrogens with zero attached hydrogens (tertiary/aromatic N) is 2. The first-order valence-electron chi connectivity index (χ1n) is 5.87. The van der Waals surface area contributed by atoms with Crippen molar-refractivity contribution < 1.29 is 27.1 Å². The van der Waals surface area contributed by atoms with Gasteiger partial charge in [0.2, 0.25) is 5.88 Å². The summed E-state index contributed by atoms with van der Waals surface area (Å²) in [7, 11) is 1.36. The normalized spacial score (nSPS) is 11.1. The summed E-state index contributed by atoms with van der Waals surface area (Å²) in [6.07, 6.45) is -4.86. The van der Waals surface area contributed by atoms with Crippen LogP contribution in [0, 0.1) is 5.82 Å². The summed E-state index contributed by atoms with van der Waals surface area (Å²) in [5.41, 5.74) is -1.80. The number of carbonyl (C=O) groups is 1. The van der Waals surface area contributed by atoms with Gasteiger partial charge < -0.3 is 10.1 Å². The molecular weight excluding hydrogens is 306 g/mol. The van der Waals surface area contributed by atoms with Gasteiger partial charge >= 0.3 is 6.18 Å². The highest BCUT2D eigenvalue weighted by molar-refractivity contribution is 6.02. The van der Waals surface area contributed by atoms with Crippen LogP contribution in [0.3, 0.4) is 0 Å². The molecule has 116 valence electrons. The summed E-state index contributed by atoms with van der Waals surface area (Å²) in [4.78, 5) is 11.8. The average Bonchev–Trinajstić information content (AvgIpc) is 2.48. The molecule has 1 amide bonds. The Bertz CT molecular complexity index is 687. The Kier molecular flexibility index (Phi) is 4.25. The molecule has 2 rings (SSSR count). The maximum Gasteiger partial charge on any atom is 0.419 e. The zero-order chi connectivity index (χ0) is 16.3. The summed E-state index contributed by atoms with van der Waals surface area (Å²) < 4.78 is 55.7. The fraction of sp³-hybridized carbons (Fsp3) is 0.154. The number of hydrogen-bond donors (Lipinski definition) is 1. The molecule has 0 fully saturated rings. The van der Waals surface area contributed by atoms with Crippen LogP contribution in [0.2, 0.25) is 0 Å². The lowest BCUT2D eigenvalue weighted by Crippen LogP contribution is -2.16. The van der Waals surface area contributed by atoms with Gasteiger partial charge in [-0.1, -0.05) is 0 Å². The first-order valence-corrected chi connectivity index (χ1v) is 5.87. The maximum absolute atomic E-state index is 13.1. The summed E-state index contributed by atoms with van der Waals surface area (Å²) in [5.74, 6) is -2.03. The van der Waals surface area contributed by atoms with Crippen LogP contribution >= 0.6 is 0 Å². The second-order valence-corrected chi connectivity index (χ2v) is 4.11. The first-order chi connectivity index (χ1) is 10.3. The van der Waals surface area contributed by atoms with Gasteiger partial charge in [-0.2, -0.15) is 13.2 Å². The van der Waals surface area contributed by atoms with E-state index in [-0.39, 0.29) is 17.3 Å². The molecule has 0 bridgehead atoms. The van der Waals surface area contributed by atoms with Crippen molar-refractivity contribution in [3.8, 4) is 5.88 Å². The number of hydrogen-bond acceptors (Lipinski definition) is 4. The van der Waals surface area contributed by atoms with E-state index >= 15 is 0 Å². The Balaban J connectivity index is 2.21. The summed E-state index contributed by atoms with van der Waals surface area (Å²) in [5, 5.41) is 9.30. The lowest BCUT2D eigenvalue weighted by Gasteiger charge is -2.10. The topological polar surface area (TPSA) is 64.1 Å². The van der Waals surface area contributed by atoms with Crippen LogP contribution in [-0.4, -0.2) is 23.2 Å². The summed E-state index contributed by atoms with van der Waals surface area (Å²) >= 11 is 0. The molecule has 22 heavy (non-hydrogen) atoms. The molecule has 5 nitrogen and oxygen atoms in total. The van der Waals surface area contributed by atoms with E-state index in [2.05, 4.69) is 15.5 Å². The molecule has 0 saturated carbocycles. The smallest absolute Gasteiger partial charge is 0.419 e. The molecular formula is C13H9F4N3O2. The van der Waals surface area contributed by atoms with Gasteiger partial charge in [-0.25, -0.2) is 4.39 Å². The van der Waals surface area contributed by atoms with Crippen molar-refractivity contribution in [1.82, 2.24) is 10.2 Å². The van der Waals surface area contributed by atoms with Gasteiger partial charge in [-0.3, -0.25) is 4.79 Å². The Morgan fingerprint density at radius 2 is 1.91 bits per heavy atom. The number of alkyl halides is 3. The average molecular weight is 315 g/mol. The molecule has 0 saturated heterocycles. The van der Waals surface area contributed by atoms with Gasteiger partial charge in [0.05, 0.1) is 12.7 Å². The van der Waals surface area contributed by atoms with E-state index in [1.807, 2.05) is 0 Å². The molecule has 9 heteroatoms. The monoisotopic (exact) mass is 315 g/mol. The van der Waals surface area contributed by atoms with Crippen LogP contribution in [0.15, 0.2) is 30.3 Å². The minimum atomic E-state index is -4.86. The lowest BCUT2D eigenvalue weighted by molar-refractivity contribution is -0.139. The molecule has 1 aromatic heterocycles. The van der Waals surface area contributed by atoms with Crippen molar-refractivity contribution in [3.05, 3.63) is 47.4 Å². The quantitative estimate of drug-likeness (QED) is 0.885. The first kappa shape index (κ1) is 15.7. The fourth-order valence-corrected chi connectivity index (χ4v) is 1.57. The summed E-state index contributed by atoms with van der Waals surface area (Å²) in [6.45, 7) is 0. The van der Waals surface area contributed by atoms with E-state index in [4.69, 9.17) is 4.74 Å². The van der Waals surface area contributed by atoms with E-state index < -0.39 is 23.5 Å². The molecule has 0 radical (unpaired) electrons. The number of halogens is 4. The van der Waals surface area contributed by atoms with Crippen molar-refractivity contribution in [2.24, 2.45) is 0 Å². The van der Waals surface area contributed by atoms with E-state index in [0.717, 1.165) is 6.07 Å². The minimum absolute atomic E-state index is 0.126. The van der Waals surface area contributed by atoms with Gasteiger partial charge in [0, 0.05) is 11.8 Å². The number of anilines is 1. The Morgan fingerprint density at radius 1 is 1.18 bits per heavy atom. The van der Waals surface area contributed by atoms with Gasteiger partial charge in [0.1, 0.15) is 5.82 Å². The molecule has 1 aromatic carbocycles. The molecule has 0 aliphatic rings. The summed E-state index contributed by atoms with van der Waals surface area (Å²) in [6, 6.07) is 4.80. The minimum Gasteiger partial charge on any atom is -0.480 e. The van der Waals surface area contributed by atoms with Gasteiger partial charge in [0.15, 0.2) is 5.69 Å². The van der Waals surface area contributed by atoms with Gasteiger partial charge in [0.25, 0.3) is 5.91 Å². The number of benzene rings is 1. The number of ether oxygens (including phenoxy) is 1. The highest BCUT2D eigenvalue weighted by atomic mass is 19.4. The number of amides is 1. The molecule has 0 aliphatic heterocycles. The molecule has 2 aromatic rings. The van der Waals surface area contributed by atoms with Crippen LogP contribution in [-0.2, 0) is 6.18 Å². The third-order valence-electron chi connectivity index (χ3n) is 2.61. The zero-order valence-corrected chi connectivity index (χ0v) is 11.1. The second kappa shape index (κ2) is 5.96. The standard InChI is InChI=1S/C13H9F4N3O2/c1-22-11-5-4-10(19-20-11)12(21)18-7-2-3-9(14)8(6-7)13(15,16)17/h2-6H,1H3,(H,18,21). The van der Waals surface area contributed by atoms with E-state index in [9.17, 15) is 22.4 Å². The third-order valence-corrected chi connectivity index (χ3v) is 2.61. The van der Waals surface area contributed by atoms with Crippen molar-refractivity contribution >= 4 is 11.6 Å². The largest absolute Gasteiger partial charge is 0.480 e. The predicted molar refractivity (Wildman–Crippen MR) is 67.9 cm³/mol. The van der Waals surface area contributed by atoms with E-state index in [1.165, 1.54) is 19.2 Å². The van der Waals surface area contributed by atoms with E-state index in [0.29, 0.717) is 12.1 Å². The third kappa shape index (κ3) is 3.48. The SMILES string of the molecule is COc1ccc(C(=O)Nc2ccc(F)c(C(F)(F)F)c2)nn1. The Labute approximate surface area is 121 Å². The number of aromatic nitrogens is 2. The number of nitrogens with one attached hydrogen (secondary N) is 1. The number of carbonyl (C=O) groups excluding carboxylic acids is 1. The van der Waals surface area contributed by atoms with Crippen molar-refractivity contribution in [1.29, 1.82) is 0 Å². The van der Waals surface area contributed by atoms with Gasteiger partial charge in [-0.15, -0.1) is 10.2 Å². The van der Waals surface area contributed by atoms with Crippen molar-refractivity contribution in [2.45, 2.75) is 6.18 Å². The lowest BCUT2D eigenvalue weighted by atomic mass is 10.1. The van der Waals surface area contributed by atoms with Gasteiger partial charge in [-0.05, 0) is 24.3 Å². The molecule has 1 N–H and O–H groups in total. The Hall–Kier alpha value is -2.71. The molecule has 1 heterocycles. The maximum atomic E-state index is 13.1. The van der Waals surface area contributed by atoms with Crippen molar-refractivity contribution in [2.75, 3.05) is 12.4 Å². The Morgan fingerprint density at radius 3 is 2.45 bits per heavy atom. The second-order valence-electron chi connectivity index (χ2n) is 4.11. The van der Waals surface area contributed by atoms with E-state index in [1.54, 1.807) is 0 Å². The van der Waals surface area contributed by atoms with Crippen LogP contribution in [0.4, 0.5) is 23.2 Å². The van der Waals surface area contributed by atoms with Crippen LogP contribution in [0.5, 0.6) is 5.88 Å². The number of rotatable bonds is 3. The van der Waals surface area contributed by atoms with Crippen molar-refractivity contribution in [3.63, 3.8) is 0 Å². The highest BCUT2D eigenvalue weighted by Gasteiger charge is 2.34. The molecule has 0 atom stereocenters. The van der Waals surface area contributed by atoms with Crippen LogP contribution in [0.25, 0.3) is 0 Å². The number of methoxy groups -OCH3 is 1.